The molecule has 1 amide bonds. The van der Waals surface area contributed by atoms with Gasteiger partial charge in [0.05, 0.1) is 37.6 Å². The molecule has 1 atom stereocenters. The van der Waals surface area contributed by atoms with Gasteiger partial charge in [-0.05, 0) is 30.2 Å². The van der Waals surface area contributed by atoms with Crippen molar-refractivity contribution in [1.29, 1.82) is 0 Å². The number of ether oxygens (including phenoxy) is 3. The second kappa shape index (κ2) is 12.3. The van der Waals surface area contributed by atoms with Crippen molar-refractivity contribution in [3.05, 3.63) is 81.8 Å². The molecule has 0 unspecified atom stereocenters. The van der Waals surface area contributed by atoms with Gasteiger partial charge in [0.15, 0.2) is 11.5 Å². The Morgan fingerprint density at radius 2 is 1.57 bits per heavy atom. The third-order valence-electron chi connectivity index (χ3n) is 5.27. The van der Waals surface area contributed by atoms with Crippen LogP contribution in [0.5, 0.6) is 11.5 Å². The number of sulfonamides is 1. The average Bonchev–Trinajstić information content (AvgIpc) is 2.89. The standard InChI is InChI=1S/C25H24Cl2N2O7S/c1-34-21-13-17(25(31)36-3)19(14-22(21)35-2)28-24(30)20(11-15-7-5-4-6-8-15)29-37(32,33)23-12-16(26)9-10-18(23)27/h4-10,12-14,20,29H,11H2,1-3H3,(H,28,30)/t20-/m0/s1. The number of benzene rings is 3. The predicted molar refractivity (Wildman–Crippen MR) is 140 cm³/mol. The first kappa shape index (κ1) is 28.3. The second-order valence-corrected chi connectivity index (χ2v) is 10.2. The SMILES string of the molecule is COC(=O)c1cc(OC)c(OC)cc1NC(=O)[C@H](Cc1ccccc1)NS(=O)(=O)c1cc(Cl)ccc1Cl. The minimum absolute atomic E-state index is 0.00899. The molecule has 37 heavy (non-hydrogen) atoms. The molecule has 3 rings (SSSR count). The van der Waals surface area contributed by atoms with Gasteiger partial charge >= 0.3 is 5.97 Å². The monoisotopic (exact) mass is 566 g/mol. The van der Waals surface area contributed by atoms with E-state index in [9.17, 15) is 18.0 Å². The van der Waals surface area contributed by atoms with Gasteiger partial charge in [-0.25, -0.2) is 13.2 Å². The third-order valence-corrected chi connectivity index (χ3v) is 7.45. The smallest absolute Gasteiger partial charge is 0.340 e. The zero-order valence-electron chi connectivity index (χ0n) is 20.1. The van der Waals surface area contributed by atoms with E-state index in [1.807, 2.05) is 0 Å². The van der Waals surface area contributed by atoms with Gasteiger partial charge < -0.3 is 19.5 Å². The van der Waals surface area contributed by atoms with Gasteiger partial charge in [0.2, 0.25) is 15.9 Å². The molecule has 9 nitrogen and oxygen atoms in total. The van der Waals surface area contributed by atoms with Crippen LogP contribution in [0.1, 0.15) is 15.9 Å². The van der Waals surface area contributed by atoms with Crippen LogP contribution < -0.4 is 19.5 Å². The Morgan fingerprint density at radius 3 is 2.19 bits per heavy atom. The van der Waals surface area contributed by atoms with Crippen LogP contribution in [0.4, 0.5) is 5.69 Å². The third kappa shape index (κ3) is 6.92. The minimum Gasteiger partial charge on any atom is -0.493 e. The number of carbonyl (C=O) groups is 2. The van der Waals surface area contributed by atoms with Crippen molar-refractivity contribution in [3.8, 4) is 11.5 Å². The lowest BCUT2D eigenvalue weighted by atomic mass is 10.1. The van der Waals surface area contributed by atoms with Crippen molar-refractivity contribution in [2.24, 2.45) is 0 Å². The summed E-state index contributed by atoms with van der Waals surface area (Å²) in [5.41, 5.74) is 0.697. The summed E-state index contributed by atoms with van der Waals surface area (Å²) in [7, 11) is -0.319. The zero-order chi connectivity index (χ0) is 27.2. The quantitative estimate of drug-likeness (QED) is 0.350. The molecule has 196 valence electrons. The highest BCUT2D eigenvalue weighted by atomic mass is 35.5. The van der Waals surface area contributed by atoms with Crippen LogP contribution >= 0.6 is 23.2 Å². The molecule has 0 fully saturated rings. The molecule has 3 aromatic carbocycles. The number of rotatable bonds is 10. The molecule has 12 heteroatoms. The summed E-state index contributed by atoms with van der Waals surface area (Å²) in [5.74, 6) is -1.03. The maximum absolute atomic E-state index is 13.5. The van der Waals surface area contributed by atoms with Crippen LogP contribution in [0.15, 0.2) is 65.6 Å². The van der Waals surface area contributed by atoms with Crippen molar-refractivity contribution >= 4 is 50.8 Å². The zero-order valence-corrected chi connectivity index (χ0v) is 22.4. The lowest BCUT2D eigenvalue weighted by Crippen LogP contribution is -2.45. The van der Waals surface area contributed by atoms with Gasteiger partial charge in [0.25, 0.3) is 0 Å². The molecular formula is C25H24Cl2N2O7S. The van der Waals surface area contributed by atoms with Crippen molar-refractivity contribution in [2.75, 3.05) is 26.6 Å². The summed E-state index contributed by atoms with van der Waals surface area (Å²) < 4.78 is 44.2. The predicted octanol–water partition coefficient (Wildman–Crippen LogP) is 4.33. The van der Waals surface area contributed by atoms with E-state index in [2.05, 4.69) is 10.0 Å². The topological polar surface area (TPSA) is 120 Å². The van der Waals surface area contributed by atoms with Crippen LogP contribution in [0.2, 0.25) is 10.0 Å². The number of methoxy groups -OCH3 is 3. The minimum atomic E-state index is -4.29. The number of hydrogen-bond acceptors (Lipinski definition) is 7. The number of esters is 1. The Labute approximate surface area is 224 Å². The van der Waals surface area contributed by atoms with E-state index in [1.54, 1.807) is 30.3 Å². The molecule has 0 radical (unpaired) electrons. The molecule has 0 heterocycles. The first-order valence-corrected chi connectivity index (χ1v) is 13.0. The fourth-order valence-corrected chi connectivity index (χ4v) is 5.41. The maximum atomic E-state index is 13.5. The van der Waals surface area contributed by atoms with Crippen LogP contribution in [0, 0.1) is 0 Å². The summed E-state index contributed by atoms with van der Waals surface area (Å²) in [6.07, 6.45) is -0.00899. The lowest BCUT2D eigenvalue weighted by Gasteiger charge is -2.21. The van der Waals surface area contributed by atoms with E-state index < -0.39 is 27.9 Å². The Bertz CT molecular complexity index is 1400. The molecule has 0 aliphatic rings. The number of halogens is 2. The Kier molecular flexibility index (Phi) is 9.39. The van der Waals surface area contributed by atoms with Crippen LogP contribution in [-0.4, -0.2) is 47.7 Å². The highest BCUT2D eigenvalue weighted by Gasteiger charge is 2.29. The van der Waals surface area contributed by atoms with E-state index in [0.717, 1.165) is 0 Å². The average molecular weight is 567 g/mol. The molecule has 0 aliphatic heterocycles. The summed E-state index contributed by atoms with van der Waals surface area (Å²) >= 11 is 12.1. The van der Waals surface area contributed by atoms with Crippen molar-refractivity contribution < 1.29 is 32.2 Å². The van der Waals surface area contributed by atoms with E-state index in [1.165, 1.54) is 51.7 Å². The van der Waals surface area contributed by atoms with Gasteiger partial charge in [-0.1, -0.05) is 53.5 Å². The highest BCUT2D eigenvalue weighted by molar-refractivity contribution is 7.89. The maximum Gasteiger partial charge on any atom is 0.340 e. The van der Waals surface area contributed by atoms with Crippen LogP contribution in [0.25, 0.3) is 0 Å². The highest BCUT2D eigenvalue weighted by Crippen LogP contribution is 2.34. The fraction of sp³-hybridized carbons (Fsp3) is 0.200. The van der Waals surface area contributed by atoms with Gasteiger partial charge in [0.1, 0.15) is 10.9 Å². The van der Waals surface area contributed by atoms with Crippen LogP contribution in [-0.2, 0) is 26.0 Å². The van der Waals surface area contributed by atoms with Gasteiger partial charge in [-0.3, -0.25) is 4.79 Å². The second-order valence-electron chi connectivity index (χ2n) is 7.67. The van der Waals surface area contributed by atoms with E-state index in [4.69, 9.17) is 37.4 Å². The fourth-order valence-electron chi connectivity index (χ4n) is 3.45. The Morgan fingerprint density at radius 1 is 0.919 bits per heavy atom. The number of amides is 1. The van der Waals surface area contributed by atoms with Crippen LogP contribution in [0.3, 0.4) is 0 Å². The molecule has 3 aromatic rings. The van der Waals surface area contributed by atoms with Crippen molar-refractivity contribution in [2.45, 2.75) is 17.4 Å². The van der Waals surface area contributed by atoms with Crippen molar-refractivity contribution in [3.63, 3.8) is 0 Å². The summed E-state index contributed by atoms with van der Waals surface area (Å²) in [6.45, 7) is 0. The molecule has 0 aromatic heterocycles. The van der Waals surface area contributed by atoms with Gasteiger partial charge in [0, 0.05) is 17.2 Å². The first-order chi connectivity index (χ1) is 17.6. The molecule has 0 bridgehead atoms. The number of anilines is 1. The number of hydrogen-bond donors (Lipinski definition) is 2. The van der Waals surface area contributed by atoms with E-state index in [0.29, 0.717) is 5.56 Å². The first-order valence-electron chi connectivity index (χ1n) is 10.8. The Balaban J connectivity index is 2.02. The molecule has 2 N–H and O–H groups in total. The number of carbonyl (C=O) groups excluding carboxylic acids is 2. The number of nitrogens with one attached hydrogen (secondary N) is 2. The van der Waals surface area contributed by atoms with Gasteiger partial charge in [-0.2, -0.15) is 4.72 Å². The largest absolute Gasteiger partial charge is 0.493 e. The van der Waals surface area contributed by atoms with E-state index in [-0.39, 0.29) is 44.1 Å². The van der Waals surface area contributed by atoms with Crippen molar-refractivity contribution in [1.82, 2.24) is 4.72 Å². The molecular weight excluding hydrogens is 543 g/mol. The molecule has 0 spiro atoms. The summed E-state index contributed by atoms with van der Waals surface area (Å²) in [4.78, 5) is 25.6. The molecule has 0 aliphatic carbocycles. The Hall–Kier alpha value is -3.31. The molecule has 0 saturated carbocycles. The molecule has 0 saturated heterocycles. The summed E-state index contributed by atoms with van der Waals surface area (Å²) in [5, 5.41) is 2.70. The normalized spacial score (nSPS) is 11.9. The van der Waals surface area contributed by atoms with Gasteiger partial charge in [-0.15, -0.1) is 0 Å². The lowest BCUT2D eigenvalue weighted by molar-refractivity contribution is -0.117. The van der Waals surface area contributed by atoms with E-state index >= 15 is 0 Å². The summed E-state index contributed by atoms with van der Waals surface area (Å²) in [6, 6.07) is 14.2.